The van der Waals surface area contributed by atoms with Crippen LogP contribution in [0.25, 0.3) is 0 Å². The zero-order valence-corrected chi connectivity index (χ0v) is 42.1. The number of piperidine rings is 2. The van der Waals surface area contributed by atoms with E-state index in [9.17, 15) is 25.2 Å². The zero-order chi connectivity index (χ0) is 47.2. The first-order valence-electron chi connectivity index (χ1n) is 26.6. The molecule has 3 saturated carbocycles. The van der Waals surface area contributed by atoms with Crippen LogP contribution in [0.4, 0.5) is 0 Å². The number of aliphatic hydroxyl groups excluding tert-OH is 3. The summed E-state index contributed by atoms with van der Waals surface area (Å²) < 4.78 is 13.1. The van der Waals surface area contributed by atoms with E-state index in [2.05, 4.69) is 44.7 Å². The van der Waals surface area contributed by atoms with E-state index in [-0.39, 0.29) is 53.3 Å². The fourth-order valence-electron chi connectivity index (χ4n) is 15.5. The second-order valence-electron chi connectivity index (χ2n) is 23.1. The number of aromatic hydroxyl groups is 1. The topological polar surface area (TPSA) is 191 Å². The highest BCUT2D eigenvalue weighted by Crippen LogP contribution is 2.64. The van der Waals surface area contributed by atoms with Crippen molar-refractivity contribution in [1.82, 2.24) is 16.0 Å². The number of rotatable bonds is 2. The Bertz CT molecular complexity index is 2110. The van der Waals surface area contributed by atoms with E-state index in [1.54, 1.807) is 6.07 Å². The van der Waals surface area contributed by atoms with Gasteiger partial charge in [0.15, 0.2) is 17.5 Å². The molecule has 5 fully saturated rings. The number of nitrogens with two attached hydrogens (primary N) is 1. The van der Waals surface area contributed by atoms with Crippen molar-refractivity contribution in [3.05, 3.63) is 35.4 Å². The largest absolute Gasteiger partial charge is 0.504 e. The molecule has 9 N–H and O–H groups in total. The van der Waals surface area contributed by atoms with Crippen LogP contribution in [-0.2, 0) is 22.6 Å². The maximum Gasteiger partial charge on any atom is 0.302 e. The number of benzene rings is 1. The zero-order valence-electron chi connectivity index (χ0n) is 40.5. The van der Waals surface area contributed by atoms with Crippen molar-refractivity contribution < 1.29 is 34.7 Å². The number of hydrogen-bond acceptors (Lipinski definition) is 14. The minimum atomic E-state index is -1.04. The van der Waals surface area contributed by atoms with Gasteiger partial charge in [0.2, 0.25) is 0 Å². The number of guanidine groups is 1. The molecule has 68 heavy (non-hydrogen) atoms. The molecule has 0 unspecified atom stereocenters. The third kappa shape index (κ3) is 9.58. The lowest BCUT2D eigenvalue weighted by Crippen LogP contribution is -2.67. The average molecular weight is 974 g/mol. The van der Waals surface area contributed by atoms with Crippen molar-refractivity contribution in [2.45, 2.75) is 214 Å². The number of ether oxygens (including phenoxy) is 2. The van der Waals surface area contributed by atoms with Crippen molar-refractivity contribution in [2.24, 2.45) is 38.8 Å². The quantitative estimate of drug-likeness (QED) is 0.0637. The van der Waals surface area contributed by atoms with Gasteiger partial charge < -0.3 is 51.6 Å². The molecule has 0 aromatic heterocycles. The second-order valence-corrected chi connectivity index (χ2v) is 25.7. The Morgan fingerprint density at radius 3 is 2.60 bits per heavy atom. The Kier molecular flexibility index (Phi) is 14.5. The summed E-state index contributed by atoms with van der Waals surface area (Å²) in [6, 6.07) is 3.13. The summed E-state index contributed by atoms with van der Waals surface area (Å²) in [6.45, 7) is 2.83. The molecule has 1 aromatic rings. The number of aliphatic imine (C=N–C) groups is 1. The SMILES string of the molecule is CC(=O)O[C@H]1C[C@@H](O)CC[C@@]23C#C[C@@H]4CCC[C@]5(C[C@H](CCN5)Oc5cc(c(CO)cc5O)C[C@H]41)[C@H]1CC[C@H](CN1)SSC[C@]1(CC4(CCCC4)CCC14CCCC4)NC(N)=N[C@@H]2C=CC[C@H]3O. The van der Waals surface area contributed by atoms with Crippen molar-refractivity contribution in [3.8, 4) is 23.3 Å². The van der Waals surface area contributed by atoms with Crippen molar-refractivity contribution in [1.29, 1.82) is 0 Å². The smallest absolute Gasteiger partial charge is 0.302 e. The van der Waals surface area contributed by atoms with Gasteiger partial charge in [-0.15, -0.1) is 0 Å². The number of phenolic OH excluding ortho intramolecular Hbond substituents is 1. The maximum absolute atomic E-state index is 13.0. The van der Waals surface area contributed by atoms with E-state index in [4.69, 9.17) is 20.2 Å². The van der Waals surface area contributed by atoms with E-state index in [0.717, 1.165) is 69.4 Å². The highest BCUT2D eigenvalue weighted by molar-refractivity contribution is 8.77. The normalized spacial score (nSPS) is 40.2. The molecule has 0 radical (unpaired) electrons. The third-order valence-electron chi connectivity index (χ3n) is 19.1. The lowest BCUT2D eigenvalue weighted by molar-refractivity contribution is -0.152. The summed E-state index contributed by atoms with van der Waals surface area (Å²) in [5.41, 5.74) is 7.61. The molecule has 14 heteroatoms. The van der Waals surface area contributed by atoms with E-state index >= 15 is 0 Å². The van der Waals surface area contributed by atoms with E-state index in [1.807, 2.05) is 22.9 Å². The number of phenols is 1. The molecule has 0 amide bonds. The Morgan fingerprint density at radius 1 is 1.00 bits per heavy atom. The Hall–Kier alpha value is -2.64. The number of fused-ring (bicyclic) bond motifs is 8. The van der Waals surface area contributed by atoms with E-state index < -0.39 is 41.7 Å². The van der Waals surface area contributed by atoms with Crippen molar-refractivity contribution in [2.75, 3.05) is 18.8 Å². The van der Waals surface area contributed by atoms with Crippen LogP contribution in [0.1, 0.15) is 159 Å². The molecule has 1 aromatic carbocycles. The summed E-state index contributed by atoms with van der Waals surface area (Å²) in [7, 11) is 4.11. The van der Waals surface area contributed by atoms with Gasteiger partial charge in [-0.2, -0.15) is 0 Å². The molecule has 5 spiro atoms. The van der Waals surface area contributed by atoms with Crippen molar-refractivity contribution >= 4 is 33.5 Å². The van der Waals surface area contributed by atoms with Gasteiger partial charge in [0.25, 0.3) is 0 Å². The van der Waals surface area contributed by atoms with Crippen LogP contribution in [0.15, 0.2) is 29.3 Å². The van der Waals surface area contributed by atoms with Crippen LogP contribution in [0.3, 0.4) is 0 Å². The summed E-state index contributed by atoms with van der Waals surface area (Å²) in [5.74, 6) is 8.21. The minimum absolute atomic E-state index is 0.00881. The molecule has 11 rings (SSSR count). The van der Waals surface area contributed by atoms with E-state index in [1.165, 1.54) is 71.1 Å². The molecule has 5 aliphatic heterocycles. The average Bonchev–Trinajstić information content (AvgIpc) is 4.00. The van der Waals surface area contributed by atoms with Gasteiger partial charge in [-0.3, -0.25) is 4.79 Å². The third-order valence-corrected chi connectivity index (χ3v) is 22.1. The monoisotopic (exact) mass is 974 g/mol. The summed E-state index contributed by atoms with van der Waals surface area (Å²) in [5, 5.41) is 59.4. The fourth-order valence-corrected chi connectivity index (χ4v) is 18.7. The van der Waals surface area contributed by atoms with Gasteiger partial charge in [0.05, 0.1) is 35.8 Å². The van der Waals surface area contributed by atoms with Gasteiger partial charge >= 0.3 is 5.97 Å². The Balaban J connectivity index is 1.13. The first-order valence-corrected chi connectivity index (χ1v) is 29.0. The number of carbonyl (C=O) groups excluding carboxylic acids is 1. The standard InChI is InChI=1S/C54H79N5O7S2/c1-35(61)65-44-29-39(62)14-22-52-21-13-36-8-7-20-53(30-40(15-25-57-53)66-45-28-37(26-42(36)44)38(32-60)27-43(45)63)47-12-11-41(31-56-47)68-67-34-54(59-49(55)58-46(52)9-6-10-48(52)64)33-50(16-2-3-17-50)23-24-51(54)18-4-5-19-51/h6,9,27-28,36,39-42,44,46-48,56-57,60,62-64H,2-5,7-8,10-12,14-20,22-26,29-34H2,1H3,(H3,55,58,59)/t36-,39-,40-,41+,42+,44-,46+,47+,48+,52-,53-,54-/m0/s1. The number of carbonyl (C=O) groups is 1. The van der Waals surface area contributed by atoms with Gasteiger partial charge in [0.1, 0.15) is 12.2 Å². The molecule has 5 aliphatic carbocycles. The number of nitrogens with zero attached hydrogens (tertiary/aromatic N) is 1. The molecule has 10 aliphatic rings. The van der Waals surface area contributed by atoms with Gasteiger partial charge in [-0.05, 0) is 143 Å². The molecule has 374 valence electrons. The van der Waals surface area contributed by atoms with Gasteiger partial charge in [-0.1, -0.05) is 77.7 Å². The van der Waals surface area contributed by atoms with Gasteiger partial charge in [0, 0.05) is 60.7 Å². The molecule has 5 heterocycles. The summed E-state index contributed by atoms with van der Waals surface area (Å²) in [4.78, 5) is 18.5. The van der Waals surface area contributed by atoms with Gasteiger partial charge in [-0.25, -0.2) is 4.99 Å². The second kappa shape index (κ2) is 20.1. The van der Waals surface area contributed by atoms with E-state index in [0.29, 0.717) is 60.0 Å². The molecule has 8 bridgehead atoms. The highest BCUT2D eigenvalue weighted by atomic mass is 33.1. The minimum Gasteiger partial charge on any atom is -0.504 e. The predicted molar refractivity (Wildman–Crippen MR) is 270 cm³/mol. The van der Waals surface area contributed by atoms with Crippen LogP contribution in [0.5, 0.6) is 11.5 Å². The molecule has 12 atom stereocenters. The van der Waals surface area contributed by atoms with Crippen LogP contribution < -0.4 is 26.4 Å². The first kappa shape index (κ1) is 49.0. The Morgan fingerprint density at radius 2 is 1.82 bits per heavy atom. The predicted octanol–water partition coefficient (Wildman–Crippen LogP) is 7.33. The lowest BCUT2D eigenvalue weighted by Gasteiger charge is -2.58. The summed E-state index contributed by atoms with van der Waals surface area (Å²) in [6.07, 6.45) is 23.0. The van der Waals surface area contributed by atoms with Crippen LogP contribution >= 0.6 is 21.6 Å². The molecular formula is C54H79N5O7S2. The van der Waals surface area contributed by atoms with Crippen LogP contribution in [0, 0.1) is 39.9 Å². The number of hydrogen-bond donors (Lipinski definition) is 8. The summed E-state index contributed by atoms with van der Waals surface area (Å²) >= 11 is 0. The number of nitrogens with one attached hydrogen (secondary N) is 3. The van der Waals surface area contributed by atoms with Crippen molar-refractivity contribution in [3.63, 3.8) is 0 Å². The maximum atomic E-state index is 13.0. The molecule has 2 saturated heterocycles. The van der Waals surface area contributed by atoms with Crippen LogP contribution in [-0.4, -0.2) is 104 Å². The number of esters is 1. The highest BCUT2D eigenvalue weighted by Gasteiger charge is 2.60. The fraction of sp³-hybridized carbons (Fsp3) is 0.778. The van der Waals surface area contributed by atoms with Crippen LogP contribution in [0.2, 0.25) is 0 Å². The molecule has 12 nitrogen and oxygen atoms in total. The first-order chi connectivity index (χ1) is 32.9. The molecular weight excluding hydrogens is 895 g/mol. The Labute approximate surface area is 412 Å². The lowest BCUT2D eigenvalue weighted by atomic mass is 9.53. The number of aliphatic hydroxyl groups is 3.